The lowest BCUT2D eigenvalue weighted by atomic mass is 10.0. The zero-order valence-electron chi connectivity index (χ0n) is 20.7. The number of rotatable bonds is 6. The lowest BCUT2D eigenvalue weighted by Gasteiger charge is -2.25. The molecule has 200 valence electrons. The van der Waals surface area contributed by atoms with E-state index < -0.39 is 23.7 Å². The summed E-state index contributed by atoms with van der Waals surface area (Å²) in [6, 6.07) is 4.13. The van der Waals surface area contributed by atoms with E-state index in [4.69, 9.17) is 10.2 Å². The number of hydrogen-bond donors (Lipinski definition) is 2. The molecule has 4 aromatic heterocycles. The Morgan fingerprint density at radius 2 is 1.92 bits per heavy atom. The van der Waals surface area contributed by atoms with Crippen molar-refractivity contribution in [1.29, 1.82) is 0 Å². The molecule has 5 rings (SSSR count). The number of piperidine rings is 1. The molecular weight excluding hydrogens is 521 g/mol. The number of thiophene rings is 1. The van der Waals surface area contributed by atoms with Crippen LogP contribution in [0.1, 0.15) is 56.6 Å². The Morgan fingerprint density at radius 1 is 1.18 bits per heavy atom. The van der Waals surface area contributed by atoms with Crippen LogP contribution in [0.15, 0.2) is 28.8 Å². The summed E-state index contributed by atoms with van der Waals surface area (Å²) in [5, 5.41) is 6.97. The molecule has 3 N–H and O–H groups in total. The summed E-state index contributed by atoms with van der Waals surface area (Å²) in [4.78, 5) is 31.3. The average molecular weight is 547 g/mol. The maximum absolute atomic E-state index is 13.7. The highest BCUT2D eigenvalue weighted by Crippen LogP contribution is 2.44. The number of likely N-dealkylation sites (tertiary alicyclic amines) is 1. The lowest BCUT2D eigenvalue weighted by molar-refractivity contribution is -0.140. The van der Waals surface area contributed by atoms with Gasteiger partial charge in [0.05, 0.1) is 18.4 Å². The second-order valence-electron chi connectivity index (χ2n) is 9.23. The zero-order chi connectivity index (χ0) is 27.2. The number of pyridine rings is 1. The first kappa shape index (κ1) is 25.9. The summed E-state index contributed by atoms with van der Waals surface area (Å²) < 4.78 is 48.5. The minimum absolute atomic E-state index is 0.00533. The van der Waals surface area contributed by atoms with Crippen LogP contribution < -0.4 is 11.1 Å². The number of carbonyl (C=O) groups excluding carboxylic acids is 2. The van der Waals surface area contributed by atoms with Gasteiger partial charge < -0.3 is 15.5 Å². The van der Waals surface area contributed by atoms with Crippen molar-refractivity contribution in [3.05, 3.63) is 52.2 Å². The minimum atomic E-state index is -4.74. The quantitative estimate of drug-likeness (QED) is 0.353. The molecule has 1 saturated heterocycles. The second kappa shape index (κ2) is 9.87. The van der Waals surface area contributed by atoms with E-state index in [1.165, 1.54) is 23.4 Å². The summed E-state index contributed by atoms with van der Waals surface area (Å²) in [5.41, 5.74) is 5.53. The second-order valence-corrected chi connectivity index (χ2v) is 10.2. The molecule has 0 radical (unpaired) electrons. The molecule has 13 heteroatoms. The Hall–Kier alpha value is -3.71. The number of nitrogens with zero attached hydrogens (tertiary/aromatic N) is 4. The SMILES string of the molecule is Cc1c(-c2cc(C(F)(F)F)nc3sc(C(N)=O)c(NC(=O)c4ccc(CN5CCCCC5)o4)c23)cnn1C. The molecule has 1 aliphatic heterocycles. The van der Waals surface area contributed by atoms with Crippen LogP contribution in [0.3, 0.4) is 0 Å². The fraction of sp³-hybridized carbons (Fsp3) is 0.360. The highest BCUT2D eigenvalue weighted by Gasteiger charge is 2.35. The third-order valence-electron chi connectivity index (χ3n) is 6.65. The Morgan fingerprint density at radius 3 is 2.55 bits per heavy atom. The number of alkyl halides is 3. The molecule has 0 aliphatic carbocycles. The first-order valence-electron chi connectivity index (χ1n) is 12.0. The van der Waals surface area contributed by atoms with Crippen LogP contribution in [0.2, 0.25) is 0 Å². The number of aryl methyl sites for hydroxylation is 1. The van der Waals surface area contributed by atoms with Gasteiger partial charge in [-0.25, -0.2) is 4.98 Å². The van der Waals surface area contributed by atoms with Crippen LogP contribution in [0.25, 0.3) is 21.3 Å². The predicted molar refractivity (Wildman–Crippen MR) is 136 cm³/mol. The van der Waals surface area contributed by atoms with Crippen molar-refractivity contribution in [3.8, 4) is 11.1 Å². The molecular formula is C25H25F3N6O3S. The van der Waals surface area contributed by atoms with Gasteiger partial charge in [0.25, 0.3) is 11.8 Å². The van der Waals surface area contributed by atoms with Crippen LogP contribution >= 0.6 is 11.3 Å². The molecule has 2 amide bonds. The highest BCUT2D eigenvalue weighted by atomic mass is 32.1. The molecule has 0 bridgehead atoms. The van der Waals surface area contributed by atoms with Crippen molar-refractivity contribution in [2.75, 3.05) is 18.4 Å². The number of primary amides is 1. The van der Waals surface area contributed by atoms with Crippen molar-refractivity contribution in [2.45, 2.75) is 38.9 Å². The van der Waals surface area contributed by atoms with Crippen molar-refractivity contribution >= 4 is 39.1 Å². The summed E-state index contributed by atoms with van der Waals surface area (Å²) >= 11 is 0.685. The van der Waals surface area contributed by atoms with Crippen LogP contribution in [-0.4, -0.2) is 44.6 Å². The number of hydrogen-bond acceptors (Lipinski definition) is 7. The van der Waals surface area contributed by atoms with Crippen molar-refractivity contribution in [1.82, 2.24) is 19.7 Å². The maximum atomic E-state index is 13.7. The van der Waals surface area contributed by atoms with E-state index in [0.717, 1.165) is 32.0 Å². The summed E-state index contributed by atoms with van der Waals surface area (Å²) in [6.07, 6.45) is 0.101. The molecule has 0 atom stereocenters. The number of fused-ring (bicyclic) bond motifs is 1. The lowest BCUT2D eigenvalue weighted by Crippen LogP contribution is -2.28. The smallest absolute Gasteiger partial charge is 0.433 e. The van der Waals surface area contributed by atoms with Gasteiger partial charge in [-0.3, -0.25) is 19.2 Å². The van der Waals surface area contributed by atoms with Crippen molar-refractivity contribution in [3.63, 3.8) is 0 Å². The zero-order valence-corrected chi connectivity index (χ0v) is 21.5. The summed E-state index contributed by atoms with van der Waals surface area (Å²) in [5.74, 6) is -0.946. The van der Waals surface area contributed by atoms with E-state index in [1.54, 1.807) is 20.0 Å². The summed E-state index contributed by atoms with van der Waals surface area (Å²) in [6.45, 7) is 4.17. The molecule has 0 aromatic carbocycles. The van der Waals surface area contributed by atoms with Crippen molar-refractivity contribution in [2.24, 2.45) is 12.8 Å². The van der Waals surface area contributed by atoms with Crippen molar-refractivity contribution < 1.29 is 27.2 Å². The van der Waals surface area contributed by atoms with Gasteiger partial charge >= 0.3 is 6.18 Å². The van der Waals surface area contributed by atoms with Gasteiger partial charge in [0.1, 0.15) is 21.2 Å². The van der Waals surface area contributed by atoms with Gasteiger partial charge in [-0.1, -0.05) is 6.42 Å². The van der Waals surface area contributed by atoms with E-state index in [1.807, 2.05) is 0 Å². The molecule has 4 aromatic rings. The van der Waals surface area contributed by atoms with Gasteiger partial charge in [-0.15, -0.1) is 11.3 Å². The standard InChI is InChI=1S/C25H25F3N6O3S/c1-13-16(11-30-33(13)2)15-10-18(25(26,27)28)31-24-19(15)20(21(38-24)22(29)35)32-23(36)17-7-6-14(37-17)12-34-8-4-3-5-9-34/h6-7,10-11H,3-5,8-9,12H2,1-2H3,(H2,29,35)(H,32,36). The fourth-order valence-electron chi connectivity index (χ4n) is 4.61. The Bertz CT molecular complexity index is 1530. The van der Waals surface area contributed by atoms with Gasteiger partial charge in [-0.2, -0.15) is 18.3 Å². The number of furan rings is 1. The molecule has 38 heavy (non-hydrogen) atoms. The van der Waals surface area contributed by atoms with Gasteiger partial charge in [0.15, 0.2) is 5.76 Å². The van der Waals surface area contributed by atoms with Gasteiger partial charge in [0, 0.05) is 23.7 Å². The fourth-order valence-corrected chi connectivity index (χ4v) is 5.62. The number of anilines is 1. The molecule has 1 fully saturated rings. The summed E-state index contributed by atoms with van der Waals surface area (Å²) in [7, 11) is 1.66. The van der Waals surface area contributed by atoms with Crippen LogP contribution in [0, 0.1) is 6.92 Å². The number of aromatic nitrogens is 3. The molecule has 1 aliphatic rings. The average Bonchev–Trinajstić information content (AvgIpc) is 3.57. The predicted octanol–water partition coefficient (Wildman–Crippen LogP) is 4.95. The van der Waals surface area contributed by atoms with E-state index in [0.29, 0.717) is 34.9 Å². The number of nitrogens with one attached hydrogen (secondary N) is 1. The molecule has 0 spiro atoms. The van der Waals surface area contributed by atoms with Crippen LogP contribution in [0.4, 0.5) is 18.9 Å². The minimum Gasteiger partial charge on any atom is -0.455 e. The maximum Gasteiger partial charge on any atom is 0.433 e. The van der Waals surface area contributed by atoms with Crippen LogP contribution in [-0.2, 0) is 19.8 Å². The molecule has 0 unspecified atom stereocenters. The van der Waals surface area contributed by atoms with E-state index in [9.17, 15) is 22.8 Å². The Labute approximate surface area is 219 Å². The first-order valence-corrected chi connectivity index (χ1v) is 12.8. The van der Waals surface area contributed by atoms with Gasteiger partial charge in [-0.05, 0) is 56.6 Å². The number of carbonyl (C=O) groups is 2. The highest BCUT2D eigenvalue weighted by molar-refractivity contribution is 7.21. The topological polar surface area (TPSA) is 119 Å². The Balaban J connectivity index is 1.57. The van der Waals surface area contributed by atoms with E-state index in [-0.39, 0.29) is 32.1 Å². The normalized spacial score (nSPS) is 14.8. The number of halogens is 3. The third kappa shape index (κ3) is 4.90. The number of nitrogens with two attached hydrogens (primary N) is 1. The molecule has 9 nitrogen and oxygen atoms in total. The molecule has 5 heterocycles. The number of amides is 2. The largest absolute Gasteiger partial charge is 0.455 e. The van der Waals surface area contributed by atoms with Crippen LogP contribution in [0.5, 0.6) is 0 Å². The monoisotopic (exact) mass is 546 g/mol. The first-order chi connectivity index (χ1) is 18.0. The van der Waals surface area contributed by atoms with Gasteiger partial charge in [0.2, 0.25) is 0 Å². The third-order valence-corrected chi connectivity index (χ3v) is 7.75. The van der Waals surface area contributed by atoms with E-state index in [2.05, 4.69) is 20.3 Å². The van der Waals surface area contributed by atoms with E-state index >= 15 is 0 Å². The Kier molecular flexibility index (Phi) is 6.73. The molecule has 0 saturated carbocycles.